The molecule has 1 amide bonds. The Bertz CT molecular complexity index is 989. The van der Waals surface area contributed by atoms with Gasteiger partial charge in [0, 0.05) is 28.5 Å². The summed E-state index contributed by atoms with van der Waals surface area (Å²) in [4.78, 5) is 14.9. The zero-order valence-corrected chi connectivity index (χ0v) is 15.4. The summed E-state index contributed by atoms with van der Waals surface area (Å²) in [6.45, 7) is 1.98. The number of anilines is 2. The van der Waals surface area contributed by atoms with E-state index in [1.807, 2.05) is 25.1 Å². The average Bonchev–Trinajstić information content (AvgIpc) is 2.70. The largest absolute Gasteiger partial charge is 0.378 e. The Balaban J connectivity index is 1.71. The zero-order valence-electron chi connectivity index (χ0n) is 15.4. The van der Waals surface area contributed by atoms with Crippen molar-refractivity contribution >= 4 is 17.3 Å². The monoisotopic (exact) mass is 378 g/mol. The van der Waals surface area contributed by atoms with Crippen LogP contribution in [-0.2, 0) is 0 Å². The minimum atomic E-state index is -0.355. The van der Waals surface area contributed by atoms with Crippen LogP contribution in [-0.4, -0.2) is 11.9 Å². The third-order valence-electron chi connectivity index (χ3n) is 5.07. The van der Waals surface area contributed by atoms with Crippen LogP contribution in [0.2, 0.25) is 0 Å². The number of rotatable bonds is 3. The molecule has 142 valence electrons. The summed E-state index contributed by atoms with van der Waals surface area (Å²) in [5.74, 6) is -0.777. The number of nitrogens with zero attached hydrogens (tertiary/aromatic N) is 1. The van der Waals surface area contributed by atoms with Gasteiger partial charge in [0.1, 0.15) is 11.6 Å². The van der Waals surface area contributed by atoms with E-state index in [4.69, 9.17) is 0 Å². The van der Waals surface area contributed by atoms with Gasteiger partial charge in [0.2, 0.25) is 0 Å². The molecule has 0 radical (unpaired) electrons. The molecule has 1 N–H and O–H groups in total. The summed E-state index contributed by atoms with van der Waals surface area (Å²) in [7, 11) is 0. The topological polar surface area (TPSA) is 32.3 Å². The number of nitrogens with one attached hydrogen (secondary N) is 1. The Kier molecular flexibility index (Phi) is 4.82. The summed E-state index contributed by atoms with van der Waals surface area (Å²) in [6.07, 6.45) is 0.604. The lowest BCUT2D eigenvalue weighted by Gasteiger charge is -2.40. The van der Waals surface area contributed by atoms with Crippen LogP contribution in [0.3, 0.4) is 0 Å². The van der Waals surface area contributed by atoms with Gasteiger partial charge < -0.3 is 10.2 Å². The van der Waals surface area contributed by atoms with E-state index >= 15 is 0 Å². The van der Waals surface area contributed by atoms with Gasteiger partial charge in [0.15, 0.2) is 0 Å². The van der Waals surface area contributed by atoms with Crippen molar-refractivity contribution < 1.29 is 13.6 Å². The number of hydrogen-bond donors (Lipinski definition) is 1. The molecule has 0 spiro atoms. The lowest BCUT2D eigenvalue weighted by molar-refractivity contribution is 0.0974. The van der Waals surface area contributed by atoms with Gasteiger partial charge in [0.05, 0.1) is 6.04 Å². The van der Waals surface area contributed by atoms with Gasteiger partial charge in [-0.05, 0) is 67.9 Å². The predicted octanol–water partition coefficient (Wildman–Crippen LogP) is 5.56. The highest BCUT2D eigenvalue weighted by molar-refractivity contribution is 6.07. The van der Waals surface area contributed by atoms with Gasteiger partial charge in [0.25, 0.3) is 5.91 Å². The molecule has 3 aromatic carbocycles. The molecule has 1 aliphatic rings. The number of amides is 1. The predicted molar refractivity (Wildman–Crippen MR) is 106 cm³/mol. The van der Waals surface area contributed by atoms with Crippen LogP contribution >= 0.6 is 0 Å². The maximum atomic E-state index is 14.0. The van der Waals surface area contributed by atoms with Crippen molar-refractivity contribution in [3.8, 4) is 0 Å². The Morgan fingerprint density at radius 1 is 0.964 bits per heavy atom. The summed E-state index contributed by atoms with van der Waals surface area (Å²) >= 11 is 0. The van der Waals surface area contributed by atoms with Crippen molar-refractivity contribution in [3.05, 3.63) is 95.6 Å². The van der Waals surface area contributed by atoms with Gasteiger partial charge in [-0.1, -0.05) is 18.2 Å². The average molecular weight is 378 g/mol. The zero-order chi connectivity index (χ0) is 19.7. The second-order valence-corrected chi connectivity index (χ2v) is 7.03. The molecule has 5 heteroatoms. The van der Waals surface area contributed by atoms with Crippen LogP contribution < -0.4 is 10.2 Å². The Morgan fingerprint density at radius 3 is 2.36 bits per heavy atom. The molecular weight excluding hydrogens is 358 g/mol. The summed E-state index contributed by atoms with van der Waals surface area (Å²) in [5, 5.41) is 3.35. The van der Waals surface area contributed by atoms with E-state index in [0.29, 0.717) is 23.2 Å². The molecule has 0 bridgehead atoms. The highest BCUT2D eigenvalue weighted by Gasteiger charge is 2.34. The molecule has 1 heterocycles. The summed E-state index contributed by atoms with van der Waals surface area (Å²) in [5.41, 5.74) is 2.74. The molecule has 1 aliphatic heterocycles. The van der Waals surface area contributed by atoms with Gasteiger partial charge in [-0.15, -0.1) is 0 Å². The van der Waals surface area contributed by atoms with Gasteiger partial charge in [-0.3, -0.25) is 4.79 Å². The number of halogens is 2. The summed E-state index contributed by atoms with van der Waals surface area (Å²) in [6, 6.07) is 19.4. The van der Waals surface area contributed by atoms with Crippen molar-refractivity contribution in [1.82, 2.24) is 0 Å². The first-order valence-corrected chi connectivity index (χ1v) is 9.23. The molecule has 3 nitrogen and oxygen atoms in total. The Morgan fingerprint density at radius 2 is 1.64 bits per heavy atom. The molecule has 0 fully saturated rings. The van der Waals surface area contributed by atoms with Crippen LogP contribution in [0.4, 0.5) is 20.2 Å². The number of benzene rings is 3. The van der Waals surface area contributed by atoms with Crippen LogP contribution in [0.25, 0.3) is 0 Å². The maximum Gasteiger partial charge on any atom is 0.258 e. The van der Waals surface area contributed by atoms with E-state index in [2.05, 4.69) is 5.32 Å². The van der Waals surface area contributed by atoms with Crippen molar-refractivity contribution in [2.45, 2.75) is 25.4 Å². The highest BCUT2D eigenvalue weighted by atomic mass is 19.1. The van der Waals surface area contributed by atoms with Crippen LogP contribution in [0.15, 0.2) is 72.8 Å². The van der Waals surface area contributed by atoms with Crippen LogP contribution in [0.5, 0.6) is 0 Å². The fourth-order valence-corrected chi connectivity index (χ4v) is 3.75. The first kappa shape index (κ1) is 18.2. The number of carbonyl (C=O) groups is 1. The Hall–Kier alpha value is -3.21. The van der Waals surface area contributed by atoms with Crippen LogP contribution in [0, 0.1) is 11.6 Å². The van der Waals surface area contributed by atoms with Crippen molar-refractivity contribution in [1.29, 1.82) is 0 Å². The number of carbonyl (C=O) groups excluding carboxylic acids is 1. The smallest absolute Gasteiger partial charge is 0.258 e. The standard InChI is InChI=1S/C23H20F2N2O/c1-15-13-21(26-19-10-7-17(24)8-11-19)20-14-18(25)9-12-22(20)27(15)23(28)16-5-3-2-4-6-16/h2-12,14-15,21,26H,13H2,1H3/t15-,21+/m1/s1. The highest BCUT2D eigenvalue weighted by Crippen LogP contribution is 2.40. The molecule has 0 aromatic heterocycles. The number of hydrogen-bond acceptors (Lipinski definition) is 2. The van der Waals surface area contributed by atoms with E-state index in [-0.39, 0.29) is 29.6 Å². The molecule has 0 unspecified atom stereocenters. The fourth-order valence-electron chi connectivity index (χ4n) is 3.75. The SMILES string of the molecule is C[C@@H]1C[C@H](Nc2ccc(F)cc2)c2cc(F)ccc2N1C(=O)c1ccccc1. The lowest BCUT2D eigenvalue weighted by Crippen LogP contribution is -2.44. The molecule has 4 rings (SSSR count). The molecule has 2 atom stereocenters. The van der Waals surface area contributed by atoms with Crippen molar-refractivity contribution in [2.24, 2.45) is 0 Å². The summed E-state index contributed by atoms with van der Waals surface area (Å²) < 4.78 is 27.2. The first-order valence-electron chi connectivity index (χ1n) is 9.23. The fraction of sp³-hybridized carbons (Fsp3) is 0.174. The normalized spacial score (nSPS) is 18.5. The van der Waals surface area contributed by atoms with E-state index in [1.165, 1.54) is 24.3 Å². The molecule has 0 saturated heterocycles. The van der Waals surface area contributed by atoms with Gasteiger partial charge >= 0.3 is 0 Å². The second kappa shape index (κ2) is 7.43. The van der Waals surface area contributed by atoms with Crippen molar-refractivity contribution in [2.75, 3.05) is 10.2 Å². The van der Waals surface area contributed by atoms with Gasteiger partial charge in [-0.25, -0.2) is 8.78 Å². The second-order valence-electron chi connectivity index (χ2n) is 7.03. The van der Waals surface area contributed by atoms with E-state index in [1.54, 1.807) is 35.2 Å². The first-order chi connectivity index (χ1) is 13.5. The third kappa shape index (κ3) is 3.48. The van der Waals surface area contributed by atoms with Crippen molar-refractivity contribution in [3.63, 3.8) is 0 Å². The Labute approximate surface area is 162 Å². The van der Waals surface area contributed by atoms with E-state index < -0.39 is 0 Å². The van der Waals surface area contributed by atoms with Gasteiger partial charge in [-0.2, -0.15) is 0 Å². The quantitative estimate of drug-likeness (QED) is 0.647. The molecule has 3 aromatic rings. The molecular formula is C23H20F2N2O. The van der Waals surface area contributed by atoms with E-state index in [9.17, 15) is 13.6 Å². The minimum absolute atomic E-state index is 0.0939. The lowest BCUT2D eigenvalue weighted by atomic mass is 9.90. The minimum Gasteiger partial charge on any atom is -0.378 e. The molecule has 0 saturated carbocycles. The molecule has 0 aliphatic carbocycles. The number of fused-ring (bicyclic) bond motifs is 1. The van der Waals surface area contributed by atoms with Crippen LogP contribution in [0.1, 0.15) is 35.3 Å². The van der Waals surface area contributed by atoms with E-state index in [0.717, 1.165) is 5.69 Å². The third-order valence-corrected chi connectivity index (χ3v) is 5.07. The maximum absolute atomic E-state index is 14.0. The molecule has 28 heavy (non-hydrogen) atoms.